The topological polar surface area (TPSA) is 112 Å². The van der Waals surface area contributed by atoms with Gasteiger partial charge in [0.1, 0.15) is 24.2 Å². The van der Waals surface area contributed by atoms with Gasteiger partial charge in [-0.05, 0) is 61.4 Å². The molecule has 0 saturated carbocycles. The zero-order valence-electron chi connectivity index (χ0n) is 21.3. The van der Waals surface area contributed by atoms with E-state index in [2.05, 4.69) is 27.6 Å². The van der Waals surface area contributed by atoms with Crippen LogP contribution in [0.5, 0.6) is 5.75 Å². The molecule has 2 heterocycles. The van der Waals surface area contributed by atoms with Crippen molar-refractivity contribution < 1.29 is 13.9 Å². The van der Waals surface area contributed by atoms with Crippen LogP contribution in [0.3, 0.4) is 0 Å². The van der Waals surface area contributed by atoms with E-state index in [1.54, 1.807) is 24.3 Å². The number of thioether (sulfide) groups is 1. The molecule has 9 nitrogen and oxygen atoms in total. The van der Waals surface area contributed by atoms with E-state index in [0.717, 1.165) is 17.0 Å². The van der Waals surface area contributed by atoms with Gasteiger partial charge < -0.3 is 9.15 Å². The largest absolute Gasteiger partial charge is 0.486 e. The minimum Gasteiger partial charge on any atom is -0.486 e. The average molecular weight is 540 g/mol. The summed E-state index contributed by atoms with van der Waals surface area (Å²) in [6, 6.07) is 22.5. The van der Waals surface area contributed by atoms with E-state index in [0.29, 0.717) is 22.0 Å². The predicted molar refractivity (Wildman–Crippen MR) is 151 cm³/mol. The van der Waals surface area contributed by atoms with Gasteiger partial charge in [-0.25, -0.2) is 5.43 Å². The molecule has 0 aliphatic carbocycles. The van der Waals surface area contributed by atoms with Crippen molar-refractivity contribution in [3.8, 4) is 11.4 Å². The van der Waals surface area contributed by atoms with Gasteiger partial charge in [0.2, 0.25) is 5.43 Å². The molecule has 10 heteroatoms. The second kappa shape index (κ2) is 11.8. The van der Waals surface area contributed by atoms with Crippen molar-refractivity contribution >= 4 is 34.9 Å². The normalized spacial score (nSPS) is 11.2. The molecule has 0 unspecified atom stereocenters. The molecule has 0 bridgehead atoms. The highest BCUT2D eigenvalue weighted by molar-refractivity contribution is 7.99. The number of carbonyl (C=O) groups excluding carboxylic acids is 1. The molecule has 0 aliphatic rings. The number of fused-ring (bicyclic) bond motifs is 1. The second-order valence-electron chi connectivity index (χ2n) is 8.70. The third-order valence-corrected chi connectivity index (χ3v) is 6.92. The molecule has 3 aromatic carbocycles. The van der Waals surface area contributed by atoms with E-state index >= 15 is 0 Å². The molecular formula is C29H25N5O4S. The Kier molecular flexibility index (Phi) is 7.83. The van der Waals surface area contributed by atoms with Crippen LogP contribution in [0.4, 0.5) is 0 Å². The standard InChI is InChI=1S/C29H25N5O4S/c1-19-12-13-23(14-20(19)2)37-17-26-31-33-29(34(26)22-8-4-3-5-9-22)39-18-27(35)32-30-15-21-16-38-25-11-7-6-10-24(25)28(21)36/h3-16H,17-18H2,1-2H3,(H,32,35)/b30-15+. The zero-order chi connectivity index (χ0) is 27.2. The maximum Gasteiger partial charge on any atom is 0.250 e. The molecule has 5 aromatic rings. The highest BCUT2D eigenvalue weighted by atomic mass is 32.2. The Morgan fingerprint density at radius 2 is 1.85 bits per heavy atom. The van der Waals surface area contributed by atoms with Gasteiger partial charge >= 0.3 is 0 Å². The number of aromatic nitrogens is 3. The highest BCUT2D eigenvalue weighted by Crippen LogP contribution is 2.24. The lowest BCUT2D eigenvalue weighted by molar-refractivity contribution is -0.118. The number of ether oxygens (including phenoxy) is 1. The summed E-state index contributed by atoms with van der Waals surface area (Å²) in [7, 11) is 0. The first-order valence-electron chi connectivity index (χ1n) is 12.1. The summed E-state index contributed by atoms with van der Waals surface area (Å²) in [5.74, 6) is 1.01. The Balaban J connectivity index is 1.26. The Bertz CT molecular complexity index is 1710. The molecule has 0 spiro atoms. The van der Waals surface area contributed by atoms with E-state index in [9.17, 15) is 9.59 Å². The fraction of sp³-hybridized carbons (Fsp3) is 0.138. The summed E-state index contributed by atoms with van der Waals surface area (Å²) in [6.07, 6.45) is 2.59. The van der Waals surface area contributed by atoms with Crippen LogP contribution in [0, 0.1) is 13.8 Å². The number of hydrazone groups is 1. The van der Waals surface area contributed by atoms with Crippen molar-refractivity contribution in [3.05, 3.63) is 112 Å². The van der Waals surface area contributed by atoms with Crippen molar-refractivity contribution in [2.24, 2.45) is 5.10 Å². The van der Waals surface area contributed by atoms with Crippen molar-refractivity contribution in [3.63, 3.8) is 0 Å². The molecule has 39 heavy (non-hydrogen) atoms. The minimum absolute atomic E-state index is 0.0344. The zero-order valence-corrected chi connectivity index (χ0v) is 22.1. The molecule has 196 valence electrons. The summed E-state index contributed by atoms with van der Waals surface area (Å²) in [5, 5.41) is 13.5. The molecule has 1 amide bonds. The van der Waals surface area contributed by atoms with Gasteiger partial charge in [0, 0.05) is 5.69 Å². The van der Waals surface area contributed by atoms with Crippen molar-refractivity contribution in [1.82, 2.24) is 20.2 Å². The van der Waals surface area contributed by atoms with E-state index in [-0.39, 0.29) is 29.3 Å². The number of nitrogens with one attached hydrogen (secondary N) is 1. The van der Waals surface area contributed by atoms with Gasteiger partial charge in [-0.15, -0.1) is 10.2 Å². The van der Waals surface area contributed by atoms with Gasteiger partial charge in [0.05, 0.1) is 22.9 Å². The lowest BCUT2D eigenvalue weighted by atomic mass is 10.1. The van der Waals surface area contributed by atoms with Crippen LogP contribution in [0.15, 0.2) is 98.5 Å². The number of benzene rings is 3. The van der Waals surface area contributed by atoms with Gasteiger partial charge in [0.25, 0.3) is 5.91 Å². The fourth-order valence-corrected chi connectivity index (χ4v) is 4.56. The number of hydrogen-bond acceptors (Lipinski definition) is 8. The Morgan fingerprint density at radius 3 is 2.67 bits per heavy atom. The first kappa shape index (κ1) is 25.9. The van der Waals surface area contributed by atoms with Crippen LogP contribution in [-0.2, 0) is 11.4 Å². The first-order valence-corrected chi connectivity index (χ1v) is 13.1. The molecule has 0 aliphatic heterocycles. The summed E-state index contributed by atoms with van der Waals surface area (Å²) < 4.78 is 13.3. The number of hydrogen-bond donors (Lipinski definition) is 1. The molecule has 0 saturated heterocycles. The predicted octanol–water partition coefficient (Wildman–Crippen LogP) is 4.81. The maximum atomic E-state index is 12.6. The van der Waals surface area contributed by atoms with Gasteiger partial charge in [-0.1, -0.05) is 48.2 Å². The summed E-state index contributed by atoms with van der Waals surface area (Å²) >= 11 is 1.22. The Morgan fingerprint density at radius 1 is 1.05 bits per heavy atom. The van der Waals surface area contributed by atoms with Crippen molar-refractivity contribution in [2.45, 2.75) is 25.6 Å². The number of rotatable bonds is 9. The quantitative estimate of drug-likeness (QED) is 0.163. The number of para-hydroxylation sites is 2. The smallest absolute Gasteiger partial charge is 0.250 e. The molecule has 5 rings (SSSR count). The molecule has 0 radical (unpaired) electrons. The van der Waals surface area contributed by atoms with Crippen LogP contribution in [-0.4, -0.2) is 32.6 Å². The summed E-state index contributed by atoms with van der Waals surface area (Å²) in [6.45, 7) is 4.29. The fourth-order valence-electron chi connectivity index (χ4n) is 3.79. The highest BCUT2D eigenvalue weighted by Gasteiger charge is 2.16. The number of aryl methyl sites for hydroxylation is 2. The lowest BCUT2D eigenvalue weighted by Crippen LogP contribution is -2.20. The lowest BCUT2D eigenvalue weighted by Gasteiger charge is -2.11. The van der Waals surface area contributed by atoms with Crippen LogP contribution in [0.1, 0.15) is 22.5 Å². The molecular weight excluding hydrogens is 514 g/mol. The van der Waals surface area contributed by atoms with Gasteiger partial charge in [-0.3, -0.25) is 14.2 Å². The average Bonchev–Trinajstić information content (AvgIpc) is 3.37. The van der Waals surface area contributed by atoms with E-state index in [1.807, 2.05) is 60.0 Å². The Hall–Kier alpha value is -4.70. The Labute approximate surface area is 228 Å². The first-order chi connectivity index (χ1) is 19.0. The number of carbonyl (C=O) groups is 1. The van der Waals surface area contributed by atoms with Crippen LogP contribution in [0.2, 0.25) is 0 Å². The van der Waals surface area contributed by atoms with Crippen LogP contribution >= 0.6 is 11.8 Å². The van der Waals surface area contributed by atoms with Crippen LogP contribution in [0.25, 0.3) is 16.7 Å². The number of nitrogens with zero attached hydrogens (tertiary/aromatic N) is 4. The van der Waals surface area contributed by atoms with E-state index in [1.165, 1.54) is 29.8 Å². The third kappa shape index (κ3) is 6.07. The molecule has 0 fully saturated rings. The van der Waals surface area contributed by atoms with Crippen LogP contribution < -0.4 is 15.6 Å². The second-order valence-corrected chi connectivity index (χ2v) is 9.65. The van der Waals surface area contributed by atoms with Crippen molar-refractivity contribution in [2.75, 3.05) is 5.75 Å². The van der Waals surface area contributed by atoms with E-state index < -0.39 is 0 Å². The molecule has 2 aromatic heterocycles. The monoisotopic (exact) mass is 539 g/mol. The van der Waals surface area contributed by atoms with Gasteiger partial charge in [0.15, 0.2) is 11.0 Å². The number of amides is 1. The SMILES string of the molecule is Cc1ccc(OCc2nnc(SCC(=O)N/N=C/c3coc4ccccc4c3=O)n2-c2ccccc2)cc1C. The summed E-state index contributed by atoms with van der Waals surface area (Å²) in [5.41, 5.74) is 6.13. The maximum absolute atomic E-state index is 12.6. The van der Waals surface area contributed by atoms with E-state index in [4.69, 9.17) is 9.15 Å². The van der Waals surface area contributed by atoms with Gasteiger partial charge in [-0.2, -0.15) is 5.10 Å². The minimum atomic E-state index is -0.364. The third-order valence-electron chi connectivity index (χ3n) is 5.99. The van der Waals surface area contributed by atoms with Crippen molar-refractivity contribution in [1.29, 1.82) is 0 Å². The molecule has 0 atom stereocenters. The molecule has 1 N–H and O–H groups in total. The summed E-state index contributed by atoms with van der Waals surface area (Å²) in [4.78, 5) is 25.1.